The minimum absolute atomic E-state index is 0.117. The quantitative estimate of drug-likeness (QED) is 0.689. The number of fused-ring (bicyclic) bond motifs is 1. The van der Waals surface area contributed by atoms with Crippen molar-refractivity contribution >= 4 is 21.2 Å². The second kappa shape index (κ2) is 6.45. The summed E-state index contributed by atoms with van der Waals surface area (Å²) in [7, 11) is -0.634. The molecule has 2 aromatic heterocycles. The van der Waals surface area contributed by atoms with Gasteiger partial charge in [0.15, 0.2) is 9.84 Å². The maximum atomic E-state index is 13.0. The Balaban J connectivity index is 2.29. The van der Waals surface area contributed by atoms with Crippen LogP contribution in [0.25, 0.3) is 16.9 Å². The zero-order chi connectivity index (χ0) is 20.0. The van der Waals surface area contributed by atoms with Gasteiger partial charge in [-0.15, -0.1) is 0 Å². The predicted molar refractivity (Wildman–Crippen MR) is 105 cm³/mol. The van der Waals surface area contributed by atoms with Gasteiger partial charge in [-0.25, -0.2) is 13.4 Å². The lowest BCUT2D eigenvalue weighted by atomic mass is 10.1. The number of pyridine rings is 1. The van der Waals surface area contributed by atoms with Gasteiger partial charge >= 0.3 is 0 Å². The van der Waals surface area contributed by atoms with E-state index in [1.165, 1.54) is 7.11 Å². The van der Waals surface area contributed by atoms with Gasteiger partial charge in [0.05, 0.1) is 36.5 Å². The maximum Gasteiger partial charge on any atom is 0.188 e. The molecule has 1 aromatic carbocycles. The molecule has 27 heavy (non-hydrogen) atoms. The van der Waals surface area contributed by atoms with Crippen molar-refractivity contribution in [2.75, 3.05) is 20.0 Å². The first-order chi connectivity index (χ1) is 12.6. The molecule has 0 aliphatic rings. The number of aromatic nitrogens is 2. The Kier molecular flexibility index (Phi) is 4.55. The maximum absolute atomic E-state index is 13.0. The number of nitrogens with two attached hydrogens (primary N) is 1. The van der Waals surface area contributed by atoms with Crippen LogP contribution < -0.4 is 15.2 Å². The molecule has 0 saturated carbocycles. The number of ether oxygens (including phenoxy) is 2. The topological polar surface area (TPSA) is 95.9 Å². The van der Waals surface area contributed by atoms with E-state index in [1.54, 1.807) is 62.9 Å². The van der Waals surface area contributed by atoms with E-state index in [2.05, 4.69) is 4.98 Å². The molecule has 0 amide bonds. The van der Waals surface area contributed by atoms with E-state index in [9.17, 15) is 8.42 Å². The smallest absolute Gasteiger partial charge is 0.188 e. The fraction of sp³-hybridized carbons (Fsp3) is 0.316. The fourth-order valence-electron chi connectivity index (χ4n) is 2.76. The molecule has 0 spiro atoms. The minimum atomic E-state index is -3.63. The second-order valence-electron chi connectivity index (χ2n) is 7.15. The van der Waals surface area contributed by atoms with E-state index in [1.807, 2.05) is 6.07 Å². The van der Waals surface area contributed by atoms with E-state index < -0.39 is 14.6 Å². The molecule has 2 heterocycles. The molecule has 2 N–H and O–H groups in total. The van der Waals surface area contributed by atoms with Crippen molar-refractivity contribution in [1.29, 1.82) is 0 Å². The number of rotatable bonds is 4. The largest absolute Gasteiger partial charge is 0.495 e. The number of anilines is 1. The summed E-state index contributed by atoms with van der Waals surface area (Å²) in [5, 5.41) is 0. The lowest BCUT2D eigenvalue weighted by Crippen LogP contribution is -2.28. The summed E-state index contributed by atoms with van der Waals surface area (Å²) in [6, 6.07) is 6.99. The van der Waals surface area contributed by atoms with Crippen molar-refractivity contribution < 1.29 is 17.9 Å². The van der Waals surface area contributed by atoms with Crippen LogP contribution in [0.4, 0.5) is 5.69 Å². The van der Waals surface area contributed by atoms with Crippen molar-refractivity contribution in [3.63, 3.8) is 0 Å². The molecule has 7 nitrogen and oxygen atoms in total. The Morgan fingerprint density at radius 3 is 2.33 bits per heavy atom. The number of sulfone groups is 1. The predicted octanol–water partition coefficient (Wildman–Crippen LogP) is 3.17. The van der Waals surface area contributed by atoms with E-state index in [4.69, 9.17) is 15.2 Å². The Morgan fingerprint density at radius 1 is 1.07 bits per heavy atom. The van der Waals surface area contributed by atoms with Gasteiger partial charge < -0.3 is 15.2 Å². The van der Waals surface area contributed by atoms with Crippen LogP contribution in [0, 0.1) is 0 Å². The van der Waals surface area contributed by atoms with Crippen LogP contribution in [0.1, 0.15) is 20.8 Å². The summed E-state index contributed by atoms with van der Waals surface area (Å²) < 4.78 is 37.5. The molecule has 3 rings (SSSR count). The van der Waals surface area contributed by atoms with E-state index in [0.717, 1.165) is 11.3 Å². The van der Waals surface area contributed by atoms with Crippen LogP contribution >= 0.6 is 0 Å². The highest BCUT2D eigenvalue weighted by Crippen LogP contribution is 2.35. The number of imidazole rings is 1. The van der Waals surface area contributed by atoms with Crippen molar-refractivity contribution in [1.82, 2.24) is 9.38 Å². The Morgan fingerprint density at radius 2 is 1.74 bits per heavy atom. The van der Waals surface area contributed by atoms with Gasteiger partial charge in [0.2, 0.25) is 0 Å². The summed E-state index contributed by atoms with van der Waals surface area (Å²) >= 11 is 0. The summed E-state index contributed by atoms with van der Waals surface area (Å²) in [5.74, 6) is 0.808. The molecule has 144 valence electrons. The molecule has 3 aromatic rings. The van der Waals surface area contributed by atoms with Crippen LogP contribution in [-0.4, -0.2) is 36.8 Å². The standard InChI is InChI=1S/C19H23N3O4S/c1-19(2,3)27(23,24)17-11-22-14(10-21-18(22)9-16(17)26-5)12-6-7-13(20)15(8-12)25-4/h6-11H,20H2,1-5H3. The number of benzene rings is 1. The third-order valence-electron chi connectivity index (χ3n) is 4.42. The molecule has 0 aliphatic carbocycles. The van der Waals surface area contributed by atoms with Crippen LogP contribution in [-0.2, 0) is 9.84 Å². The zero-order valence-electron chi connectivity index (χ0n) is 16.0. The van der Waals surface area contributed by atoms with Gasteiger partial charge in [-0.05, 0) is 32.9 Å². The Hall–Kier alpha value is -2.74. The molecule has 0 aliphatic heterocycles. The van der Waals surface area contributed by atoms with Gasteiger partial charge in [0, 0.05) is 17.8 Å². The first-order valence-corrected chi connectivity index (χ1v) is 9.82. The SMILES string of the molecule is COc1cc(-c2cnc3cc(OC)c(S(=O)(=O)C(C)(C)C)cn23)ccc1N. The van der Waals surface area contributed by atoms with Gasteiger partial charge in [0.25, 0.3) is 0 Å². The van der Waals surface area contributed by atoms with Gasteiger partial charge in [0.1, 0.15) is 22.0 Å². The lowest BCUT2D eigenvalue weighted by Gasteiger charge is -2.21. The Labute approximate surface area is 158 Å². The third kappa shape index (κ3) is 3.10. The van der Waals surface area contributed by atoms with Gasteiger partial charge in [-0.3, -0.25) is 4.40 Å². The number of nitrogens with zero attached hydrogens (tertiary/aromatic N) is 2. The second-order valence-corrected chi connectivity index (χ2v) is 9.82. The van der Waals surface area contributed by atoms with Crippen molar-refractivity contribution in [2.24, 2.45) is 0 Å². The Bertz CT molecular complexity index is 1110. The molecule has 0 atom stereocenters. The lowest BCUT2D eigenvalue weighted by molar-refractivity contribution is 0.401. The number of nitrogen functional groups attached to an aromatic ring is 1. The summed E-state index contributed by atoms with van der Waals surface area (Å²) in [5.41, 5.74) is 8.51. The van der Waals surface area contributed by atoms with Crippen molar-refractivity contribution in [3.05, 3.63) is 36.7 Å². The highest BCUT2D eigenvalue weighted by atomic mass is 32.2. The zero-order valence-corrected chi connectivity index (χ0v) is 16.8. The van der Waals surface area contributed by atoms with Crippen LogP contribution in [0.15, 0.2) is 41.6 Å². The highest BCUT2D eigenvalue weighted by Gasteiger charge is 2.34. The average Bonchev–Trinajstić information content (AvgIpc) is 3.03. The molecule has 8 heteroatoms. The molecule has 0 saturated heterocycles. The van der Waals surface area contributed by atoms with E-state index in [0.29, 0.717) is 17.1 Å². The number of hydrogen-bond donors (Lipinski definition) is 1. The fourth-order valence-corrected chi connectivity index (χ4v) is 4.07. The van der Waals surface area contributed by atoms with Crippen LogP contribution in [0.2, 0.25) is 0 Å². The van der Waals surface area contributed by atoms with Crippen molar-refractivity contribution in [3.8, 4) is 22.8 Å². The van der Waals surface area contributed by atoms with E-state index in [-0.39, 0.29) is 10.6 Å². The molecular weight excluding hydrogens is 366 g/mol. The summed E-state index contributed by atoms with van der Waals surface area (Å²) in [6.45, 7) is 4.98. The molecular formula is C19H23N3O4S. The first kappa shape index (κ1) is 19.0. The molecule has 0 unspecified atom stereocenters. The number of hydrogen-bond acceptors (Lipinski definition) is 6. The van der Waals surface area contributed by atoms with Gasteiger partial charge in [-0.2, -0.15) is 0 Å². The average molecular weight is 389 g/mol. The van der Waals surface area contributed by atoms with Crippen LogP contribution in [0.5, 0.6) is 11.5 Å². The number of methoxy groups -OCH3 is 2. The first-order valence-electron chi connectivity index (χ1n) is 8.33. The monoisotopic (exact) mass is 389 g/mol. The molecule has 0 radical (unpaired) electrons. The van der Waals surface area contributed by atoms with E-state index >= 15 is 0 Å². The van der Waals surface area contributed by atoms with Crippen molar-refractivity contribution in [2.45, 2.75) is 30.4 Å². The minimum Gasteiger partial charge on any atom is -0.495 e. The van der Waals surface area contributed by atoms with Gasteiger partial charge in [-0.1, -0.05) is 6.07 Å². The molecule has 0 fully saturated rings. The summed E-state index contributed by atoms with van der Waals surface area (Å²) in [4.78, 5) is 4.50. The summed E-state index contributed by atoms with van der Waals surface area (Å²) in [6.07, 6.45) is 3.23. The third-order valence-corrected chi connectivity index (χ3v) is 6.92. The normalized spacial score (nSPS) is 12.3. The molecule has 0 bridgehead atoms. The highest BCUT2D eigenvalue weighted by molar-refractivity contribution is 7.92. The van der Waals surface area contributed by atoms with Crippen LogP contribution in [0.3, 0.4) is 0 Å².